The van der Waals surface area contributed by atoms with Crippen molar-refractivity contribution in [3.05, 3.63) is 29.3 Å². The Morgan fingerprint density at radius 2 is 2.00 bits per heavy atom. The quantitative estimate of drug-likeness (QED) is 0.785. The molecule has 1 aliphatic rings. The number of hydrogen-bond donors (Lipinski definition) is 1. The summed E-state index contributed by atoms with van der Waals surface area (Å²) in [5.74, 6) is 0.349. The second kappa shape index (κ2) is 8.09. The topological polar surface area (TPSA) is 94.1 Å². The third-order valence-corrected chi connectivity index (χ3v) is 5.67. The number of primary amides is 1. The molecule has 2 heterocycles. The van der Waals surface area contributed by atoms with Gasteiger partial charge in [-0.25, -0.2) is 0 Å². The van der Waals surface area contributed by atoms with Crippen LogP contribution >= 0.6 is 23.4 Å². The molecule has 1 aliphatic heterocycles. The molecule has 0 bridgehead atoms. The molecule has 1 saturated heterocycles. The smallest absolute Gasteiger partial charge is 0.240 e. The minimum atomic E-state index is -0.499. The third kappa shape index (κ3) is 4.02. The predicted octanol–water partition coefficient (Wildman–Crippen LogP) is 2.09. The Balaban J connectivity index is 1.67. The van der Waals surface area contributed by atoms with Gasteiger partial charge in [-0.2, -0.15) is 0 Å². The van der Waals surface area contributed by atoms with Crippen molar-refractivity contribution in [1.29, 1.82) is 0 Å². The number of carbonyl (C=O) groups excluding carboxylic acids is 2. The first-order valence-electron chi connectivity index (χ1n) is 8.34. The number of likely N-dealkylation sites (tertiary alicyclic amines) is 1. The molecule has 0 radical (unpaired) electrons. The second-order valence-electron chi connectivity index (χ2n) is 6.16. The molecule has 1 atom stereocenters. The molecule has 138 valence electrons. The van der Waals surface area contributed by atoms with Gasteiger partial charge in [-0.3, -0.25) is 9.59 Å². The maximum atomic E-state index is 12.5. The van der Waals surface area contributed by atoms with Crippen molar-refractivity contribution in [1.82, 2.24) is 19.7 Å². The van der Waals surface area contributed by atoms with E-state index in [2.05, 4.69) is 10.2 Å². The number of nitrogens with two attached hydrogens (primary N) is 1. The van der Waals surface area contributed by atoms with E-state index < -0.39 is 11.9 Å². The number of halogens is 1. The number of benzene rings is 1. The monoisotopic (exact) mass is 393 g/mol. The van der Waals surface area contributed by atoms with Crippen molar-refractivity contribution in [3.63, 3.8) is 0 Å². The molecule has 1 aromatic carbocycles. The number of hydrogen-bond acceptors (Lipinski definition) is 5. The van der Waals surface area contributed by atoms with E-state index in [0.29, 0.717) is 29.0 Å². The number of carbonyl (C=O) groups is 2. The Morgan fingerprint density at radius 1 is 1.27 bits per heavy atom. The van der Waals surface area contributed by atoms with E-state index in [1.807, 2.05) is 23.7 Å². The first-order chi connectivity index (χ1) is 12.5. The molecule has 0 unspecified atom stereocenters. The summed E-state index contributed by atoms with van der Waals surface area (Å²) < 4.78 is 1.84. The van der Waals surface area contributed by atoms with Crippen molar-refractivity contribution in [2.75, 3.05) is 12.3 Å². The van der Waals surface area contributed by atoms with Crippen LogP contribution in [0.5, 0.6) is 0 Å². The lowest BCUT2D eigenvalue weighted by molar-refractivity contribution is -0.138. The van der Waals surface area contributed by atoms with Gasteiger partial charge in [0.25, 0.3) is 0 Å². The van der Waals surface area contributed by atoms with Crippen molar-refractivity contribution < 1.29 is 9.59 Å². The summed E-state index contributed by atoms with van der Waals surface area (Å²) in [5.41, 5.74) is 6.33. The highest BCUT2D eigenvalue weighted by atomic mass is 35.5. The van der Waals surface area contributed by atoms with Crippen LogP contribution in [0.15, 0.2) is 29.4 Å². The molecular weight excluding hydrogens is 374 g/mol. The van der Waals surface area contributed by atoms with Gasteiger partial charge in [0.05, 0.1) is 5.75 Å². The van der Waals surface area contributed by atoms with Gasteiger partial charge in [0, 0.05) is 24.2 Å². The van der Waals surface area contributed by atoms with Gasteiger partial charge < -0.3 is 15.2 Å². The van der Waals surface area contributed by atoms with Crippen LogP contribution in [0.1, 0.15) is 19.3 Å². The van der Waals surface area contributed by atoms with Crippen LogP contribution in [0.25, 0.3) is 11.4 Å². The van der Waals surface area contributed by atoms with Gasteiger partial charge in [-0.15, -0.1) is 10.2 Å². The molecule has 0 spiro atoms. The average molecular weight is 394 g/mol. The lowest BCUT2D eigenvalue weighted by atomic mass is 10.0. The van der Waals surface area contributed by atoms with Gasteiger partial charge in [0.1, 0.15) is 6.04 Å². The molecule has 0 saturated carbocycles. The highest BCUT2D eigenvalue weighted by Crippen LogP contribution is 2.25. The second-order valence-corrected chi connectivity index (χ2v) is 7.54. The van der Waals surface area contributed by atoms with E-state index in [1.165, 1.54) is 11.8 Å². The summed E-state index contributed by atoms with van der Waals surface area (Å²) in [5, 5.41) is 9.66. The first kappa shape index (κ1) is 18.7. The van der Waals surface area contributed by atoms with Gasteiger partial charge in [0.15, 0.2) is 11.0 Å². The van der Waals surface area contributed by atoms with Crippen LogP contribution in [0.3, 0.4) is 0 Å². The summed E-state index contributed by atoms with van der Waals surface area (Å²) in [7, 11) is 1.85. The molecule has 1 aromatic heterocycles. The molecule has 0 aliphatic carbocycles. The Kier molecular flexibility index (Phi) is 5.83. The number of amides is 2. The summed E-state index contributed by atoms with van der Waals surface area (Å²) in [6.45, 7) is 0.571. The molecule has 2 amide bonds. The normalized spacial score (nSPS) is 17.3. The molecule has 1 fully saturated rings. The standard InChI is InChI=1S/C17H20ClN5O2S/c1-22-16(11-5-7-12(18)8-6-11)20-21-17(22)26-10-14(24)23-9-3-2-4-13(23)15(19)25/h5-8,13H,2-4,9-10H2,1H3,(H2,19,25)/t13-/m0/s1. The Morgan fingerprint density at radius 3 is 2.69 bits per heavy atom. The number of nitrogens with zero attached hydrogens (tertiary/aromatic N) is 4. The van der Waals surface area contributed by atoms with E-state index in [1.54, 1.807) is 17.0 Å². The van der Waals surface area contributed by atoms with Crippen molar-refractivity contribution >= 4 is 35.2 Å². The minimum absolute atomic E-state index is 0.102. The highest BCUT2D eigenvalue weighted by Gasteiger charge is 2.30. The lowest BCUT2D eigenvalue weighted by Gasteiger charge is -2.33. The van der Waals surface area contributed by atoms with E-state index in [-0.39, 0.29) is 11.7 Å². The van der Waals surface area contributed by atoms with Crippen molar-refractivity contribution in [2.45, 2.75) is 30.5 Å². The molecule has 26 heavy (non-hydrogen) atoms. The number of rotatable bonds is 5. The molecule has 2 N–H and O–H groups in total. The van der Waals surface area contributed by atoms with Crippen molar-refractivity contribution in [2.24, 2.45) is 12.8 Å². The Hall–Kier alpha value is -2.06. The molecule has 2 aromatic rings. The average Bonchev–Trinajstić information content (AvgIpc) is 3.01. The fraction of sp³-hybridized carbons (Fsp3) is 0.412. The van der Waals surface area contributed by atoms with E-state index in [0.717, 1.165) is 18.4 Å². The SMILES string of the molecule is Cn1c(SCC(=O)N2CCCC[C@H]2C(N)=O)nnc1-c1ccc(Cl)cc1. The number of piperidine rings is 1. The first-order valence-corrected chi connectivity index (χ1v) is 9.70. The highest BCUT2D eigenvalue weighted by molar-refractivity contribution is 7.99. The maximum Gasteiger partial charge on any atom is 0.240 e. The minimum Gasteiger partial charge on any atom is -0.368 e. The van der Waals surface area contributed by atoms with Crippen LogP contribution in [-0.2, 0) is 16.6 Å². The summed E-state index contributed by atoms with van der Waals surface area (Å²) in [6, 6.07) is 6.83. The molecule has 9 heteroatoms. The van der Waals surface area contributed by atoms with Gasteiger partial charge in [-0.1, -0.05) is 23.4 Å². The van der Waals surface area contributed by atoms with Gasteiger partial charge >= 0.3 is 0 Å². The largest absolute Gasteiger partial charge is 0.368 e. The van der Waals surface area contributed by atoms with E-state index in [4.69, 9.17) is 17.3 Å². The molecule has 7 nitrogen and oxygen atoms in total. The molecular formula is C17H20ClN5O2S. The fourth-order valence-electron chi connectivity index (χ4n) is 3.03. The zero-order chi connectivity index (χ0) is 18.7. The summed E-state index contributed by atoms with van der Waals surface area (Å²) in [4.78, 5) is 25.7. The van der Waals surface area contributed by atoms with Crippen LogP contribution < -0.4 is 5.73 Å². The van der Waals surface area contributed by atoms with Crippen molar-refractivity contribution in [3.8, 4) is 11.4 Å². The summed E-state index contributed by atoms with van der Waals surface area (Å²) >= 11 is 7.22. The number of aromatic nitrogens is 3. The maximum absolute atomic E-state index is 12.5. The fourth-order valence-corrected chi connectivity index (χ4v) is 3.95. The van der Waals surface area contributed by atoms with E-state index in [9.17, 15) is 9.59 Å². The zero-order valence-electron chi connectivity index (χ0n) is 14.4. The number of thioether (sulfide) groups is 1. The zero-order valence-corrected chi connectivity index (χ0v) is 16.0. The van der Waals surface area contributed by atoms with E-state index >= 15 is 0 Å². The predicted molar refractivity (Wildman–Crippen MR) is 101 cm³/mol. The third-order valence-electron chi connectivity index (χ3n) is 4.41. The Bertz CT molecular complexity index is 808. The summed E-state index contributed by atoms with van der Waals surface area (Å²) in [6.07, 6.45) is 2.44. The Labute approximate surface area is 160 Å². The van der Waals surface area contributed by atoms with Crippen LogP contribution in [0.4, 0.5) is 0 Å². The van der Waals surface area contributed by atoms with Crippen LogP contribution in [-0.4, -0.2) is 49.8 Å². The van der Waals surface area contributed by atoms with Gasteiger partial charge in [-0.05, 0) is 43.5 Å². The molecule has 3 rings (SSSR count). The van der Waals surface area contributed by atoms with Crippen LogP contribution in [0, 0.1) is 0 Å². The van der Waals surface area contributed by atoms with Gasteiger partial charge in [0.2, 0.25) is 11.8 Å². The lowest BCUT2D eigenvalue weighted by Crippen LogP contribution is -2.51. The van der Waals surface area contributed by atoms with Crippen LogP contribution in [0.2, 0.25) is 5.02 Å².